The molecule has 0 aliphatic heterocycles. The van der Waals surface area contributed by atoms with Crippen LogP contribution in [0.4, 0.5) is 5.69 Å². The van der Waals surface area contributed by atoms with Crippen molar-refractivity contribution in [2.45, 2.75) is 26.0 Å². The summed E-state index contributed by atoms with van der Waals surface area (Å²) in [6, 6.07) is 13.6. The van der Waals surface area contributed by atoms with Crippen molar-refractivity contribution in [1.82, 2.24) is 9.55 Å². The Kier molecular flexibility index (Phi) is 4.95. The van der Waals surface area contributed by atoms with Crippen LogP contribution in [0, 0.1) is 10.1 Å². The van der Waals surface area contributed by atoms with E-state index >= 15 is 0 Å². The molecule has 2 aromatic carbocycles. The van der Waals surface area contributed by atoms with Gasteiger partial charge in [0.05, 0.1) is 22.5 Å². The van der Waals surface area contributed by atoms with E-state index in [1.54, 1.807) is 0 Å². The van der Waals surface area contributed by atoms with E-state index < -0.39 is 11.0 Å². The van der Waals surface area contributed by atoms with Crippen LogP contribution in [0.3, 0.4) is 0 Å². The third-order valence-corrected chi connectivity index (χ3v) is 3.93. The predicted octanol–water partition coefficient (Wildman–Crippen LogP) is 2.95. The molecule has 0 saturated carbocycles. The maximum absolute atomic E-state index is 10.6. The van der Waals surface area contributed by atoms with E-state index in [1.165, 1.54) is 24.3 Å². The van der Waals surface area contributed by atoms with E-state index in [0.29, 0.717) is 12.3 Å². The number of aliphatic hydroxyl groups is 1. The van der Waals surface area contributed by atoms with E-state index in [2.05, 4.69) is 4.98 Å². The first kappa shape index (κ1) is 16.9. The molecule has 3 aromatic rings. The summed E-state index contributed by atoms with van der Waals surface area (Å²) in [6.45, 7) is 2.49. The maximum Gasteiger partial charge on any atom is 0.269 e. The van der Waals surface area contributed by atoms with E-state index in [9.17, 15) is 15.2 Å². The summed E-state index contributed by atoms with van der Waals surface area (Å²) in [5.74, 6) is 1.39. The Morgan fingerprint density at radius 1 is 1.24 bits per heavy atom. The molecule has 1 heterocycles. The molecule has 0 fully saturated rings. The molecule has 0 saturated heterocycles. The summed E-state index contributed by atoms with van der Waals surface area (Å²) in [5.41, 5.74) is 1.89. The number of nitro groups is 1. The molecule has 0 aliphatic carbocycles. The molecule has 0 amide bonds. The highest BCUT2D eigenvalue weighted by Crippen LogP contribution is 2.19. The molecule has 1 aromatic heterocycles. The van der Waals surface area contributed by atoms with Gasteiger partial charge in [-0.3, -0.25) is 10.1 Å². The average Bonchev–Trinajstić information content (AvgIpc) is 2.98. The molecule has 0 spiro atoms. The third kappa shape index (κ3) is 3.77. The highest BCUT2D eigenvalue weighted by Gasteiger charge is 2.14. The van der Waals surface area contributed by atoms with Gasteiger partial charge >= 0.3 is 0 Å². The fourth-order valence-electron chi connectivity index (χ4n) is 2.72. The van der Waals surface area contributed by atoms with E-state index in [1.807, 2.05) is 35.8 Å². The number of nitrogens with zero attached hydrogens (tertiary/aromatic N) is 3. The number of nitro benzene ring substituents is 1. The summed E-state index contributed by atoms with van der Waals surface area (Å²) in [6.07, 6.45) is 0.0445. The molecule has 25 heavy (non-hydrogen) atoms. The number of non-ortho nitro benzene ring substituents is 1. The number of aryl methyl sites for hydroxylation is 1. The smallest absolute Gasteiger partial charge is 0.269 e. The molecule has 130 valence electrons. The topological polar surface area (TPSA) is 90.4 Å². The van der Waals surface area contributed by atoms with Crippen molar-refractivity contribution in [2.75, 3.05) is 6.61 Å². The highest BCUT2D eigenvalue weighted by molar-refractivity contribution is 5.75. The molecule has 1 N–H and O–H groups in total. The van der Waals surface area contributed by atoms with Crippen LogP contribution in [0.25, 0.3) is 11.0 Å². The van der Waals surface area contributed by atoms with Gasteiger partial charge in [-0.25, -0.2) is 4.98 Å². The number of aromatic nitrogens is 2. The third-order valence-electron chi connectivity index (χ3n) is 3.93. The largest absolute Gasteiger partial charge is 0.491 e. The first-order chi connectivity index (χ1) is 12.1. The highest BCUT2D eigenvalue weighted by atomic mass is 16.6. The number of aliphatic hydroxyl groups excluding tert-OH is 1. The van der Waals surface area contributed by atoms with Crippen LogP contribution in [0.15, 0.2) is 48.5 Å². The number of para-hydroxylation sites is 2. The van der Waals surface area contributed by atoms with Crippen LogP contribution in [0.2, 0.25) is 0 Å². The normalized spacial score (nSPS) is 12.2. The molecule has 0 bridgehead atoms. The lowest BCUT2D eigenvalue weighted by atomic mass is 10.3. The molecule has 1 atom stereocenters. The Hall–Kier alpha value is -2.93. The number of fused-ring (bicyclic) bond motifs is 1. The SMILES string of the molecule is CCc1nc2ccccc2n1CC(O)COc1ccc([N+](=O)[O-])cc1. The summed E-state index contributed by atoms with van der Waals surface area (Å²) in [5, 5.41) is 21.0. The Labute approximate surface area is 144 Å². The van der Waals surface area contributed by atoms with Gasteiger partial charge in [0.2, 0.25) is 0 Å². The van der Waals surface area contributed by atoms with Crippen LogP contribution >= 0.6 is 0 Å². The van der Waals surface area contributed by atoms with Crippen molar-refractivity contribution in [3.63, 3.8) is 0 Å². The fraction of sp³-hybridized carbons (Fsp3) is 0.278. The summed E-state index contributed by atoms with van der Waals surface area (Å²) < 4.78 is 7.53. The standard InChI is InChI=1S/C18H19N3O4/c1-2-18-19-16-5-3-4-6-17(16)20(18)11-14(22)12-25-15-9-7-13(8-10-15)21(23)24/h3-10,14,22H,2,11-12H2,1H3. The van der Waals surface area contributed by atoms with Gasteiger partial charge in [0.1, 0.15) is 24.3 Å². The molecule has 1 unspecified atom stereocenters. The van der Waals surface area contributed by atoms with Gasteiger partial charge in [-0.1, -0.05) is 19.1 Å². The molecule has 7 nitrogen and oxygen atoms in total. The van der Waals surface area contributed by atoms with Crippen LogP contribution in [0.1, 0.15) is 12.7 Å². The van der Waals surface area contributed by atoms with Crippen molar-refractivity contribution >= 4 is 16.7 Å². The van der Waals surface area contributed by atoms with Gasteiger partial charge in [0.15, 0.2) is 0 Å². The molecular formula is C18H19N3O4. The second kappa shape index (κ2) is 7.31. The number of hydrogen-bond donors (Lipinski definition) is 1. The van der Waals surface area contributed by atoms with Crippen molar-refractivity contribution in [3.05, 3.63) is 64.5 Å². The zero-order valence-corrected chi connectivity index (χ0v) is 13.8. The van der Waals surface area contributed by atoms with E-state index in [-0.39, 0.29) is 12.3 Å². The van der Waals surface area contributed by atoms with Crippen molar-refractivity contribution in [2.24, 2.45) is 0 Å². The number of benzene rings is 2. The lowest BCUT2D eigenvalue weighted by Crippen LogP contribution is -2.24. The minimum absolute atomic E-state index is 0.00497. The van der Waals surface area contributed by atoms with Gasteiger partial charge in [-0.05, 0) is 24.3 Å². The predicted molar refractivity (Wildman–Crippen MR) is 93.7 cm³/mol. The Morgan fingerprint density at radius 2 is 1.96 bits per heavy atom. The molecular weight excluding hydrogens is 322 g/mol. The van der Waals surface area contributed by atoms with Crippen molar-refractivity contribution < 1.29 is 14.8 Å². The Morgan fingerprint density at radius 3 is 2.64 bits per heavy atom. The zero-order valence-electron chi connectivity index (χ0n) is 13.8. The second-order valence-electron chi connectivity index (χ2n) is 5.70. The first-order valence-electron chi connectivity index (χ1n) is 8.08. The molecule has 7 heteroatoms. The van der Waals surface area contributed by atoms with Crippen LogP contribution in [0.5, 0.6) is 5.75 Å². The Bertz CT molecular complexity index is 874. The van der Waals surface area contributed by atoms with E-state index in [4.69, 9.17) is 4.74 Å². The van der Waals surface area contributed by atoms with Crippen molar-refractivity contribution in [1.29, 1.82) is 0 Å². The van der Waals surface area contributed by atoms with Gasteiger partial charge in [-0.15, -0.1) is 0 Å². The quantitative estimate of drug-likeness (QED) is 0.527. The molecule has 3 rings (SSSR count). The summed E-state index contributed by atoms with van der Waals surface area (Å²) in [7, 11) is 0. The Balaban J connectivity index is 1.66. The van der Waals surface area contributed by atoms with Crippen LogP contribution < -0.4 is 4.74 Å². The lowest BCUT2D eigenvalue weighted by molar-refractivity contribution is -0.384. The number of ether oxygens (including phenoxy) is 1. The second-order valence-corrected chi connectivity index (χ2v) is 5.70. The number of imidazole rings is 1. The monoisotopic (exact) mass is 341 g/mol. The van der Waals surface area contributed by atoms with E-state index in [0.717, 1.165) is 23.3 Å². The zero-order chi connectivity index (χ0) is 17.8. The van der Waals surface area contributed by atoms with Crippen LogP contribution in [-0.4, -0.2) is 32.3 Å². The van der Waals surface area contributed by atoms with Gasteiger partial charge < -0.3 is 14.4 Å². The number of rotatable bonds is 7. The maximum atomic E-state index is 10.6. The van der Waals surface area contributed by atoms with Gasteiger partial charge in [0, 0.05) is 18.6 Å². The first-order valence-corrected chi connectivity index (χ1v) is 8.08. The fourth-order valence-corrected chi connectivity index (χ4v) is 2.72. The lowest BCUT2D eigenvalue weighted by Gasteiger charge is -2.15. The molecule has 0 aliphatic rings. The van der Waals surface area contributed by atoms with Crippen molar-refractivity contribution in [3.8, 4) is 5.75 Å². The minimum Gasteiger partial charge on any atom is -0.491 e. The van der Waals surface area contributed by atoms with Gasteiger partial charge in [-0.2, -0.15) is 0 Å². The summed E-state index contributed by atoms with van der Waals surface area (Å²) >= 11 is 0. The van der Waals surface area contributed by atoms with Crippen LogP contribution in [-0.2, 0) is 13.0 Å². The van der Waals surface area contributed by atoms with Gasteiger partial charge in [0.25, 0.3) is 5.69 Å². The minimum atomic E-state index is -0.724. The average molecular weight is 341 g/mol. The molecule has 0 radical (unpaired) electrons. The summed E-state index contributed by atoms with van der Waals surface area (Å²) in [4.78, 5) is 14.8. The number of hydrogen-bond acceptors (Lipinski definition) is 5.